The number of halogens is 1. The van der Waals surface area contributed by atoms with Crippen molar-refractivity contribution >= 4 is 63.9 Å². The maximum Gasteiger partial charge on any atom is 0.343 e. The molecule has 2 aromatic heterocycles. The van der Waals surface area contributed by atoms with Gasteiger partial charge in [-0.15, -0.1) is 0 Å². The lowest BCUT2D eigenvalue weighted by Gasteiger charge is -2.31. The van der Waals surface area contributed by atoms with Gasteiger partial charge in [0.05, 0.1) is 101 Å². The first kappa shape index (κ1) is 51.1. The molecule has 3 aliphatic rings. The number of carbonyl (C=O) groups excluding carboxylic acids is 8. The summed E-state index contributed by atoms with van der Waals surface area (Å²) in [6.07, 6.45) is 2.33. The number of cyclic esters (lactones) is 1. The highest BCUT2D eigenvalue weighted by Gasteiger charge is 2.45. The zero-order chi connectivity index (χ0) is 50.7. The molecule has 4 aromatic rings. The third-order valence-corrected chi connectivity index (χ3v) is 11.7. The summed E-state index contributed by atoms with van der Waals surface area (Å²) < 4.78 is 38.1. The fourth-order valence-electron chi connectivity index (χ4n) is 7.91. The normalized spacial score (nSPS) is 15.9. The van der Waals surface area contributed by atoms with Gasteiger partial charge in [0.25, 0.3) is 17.4 Å². The van der Waals surface area contributed by atoms with Crippen LogP contribution in [0.3, 0.4) is 0 Å². The van der Waals surface area contributed by atoms with Crippen molar-refractivity contribution in [2.45, 2.75) is 51.0 Å². The first-order valence-electron chi connectivity index (χ1n) is 22.7. The van der Waals surface area contributed by atoms with E-state index in [1.807, 2.05) is 0 Å². The van der Waals surface area contributed by atoms with Gasteiger partial charge in [-0.3, -0.25) is 43.3 Å². The zero-order valence-electron chi connectivity index (χ0n) is 38.5. The summed E-state index contributed by atoms with van der Waals surface area (Å²) in [7, 11) is 0. The number of nitrogens with one attached hydrogen (secondary N) is 5. The van der Waals surface area contributed by atoms with Crippen molar-refractivity contribution in [3.8, 4) is 11.4 Å². The molecule has 7 amide bonds. The lowest BCUT2D eigenvalue weighted by atomic mass is 9.86. The smallest absolute Gasteiger partial charge is 0.343 e. The minimum absolute atomic E-state index is 0.0125. The van der Waals surface area contributed by atoms with Gasteiger partial charge < -0.3 is 55.2 Å². The molecule has 374 valence electrons. The molecule has 71 heavy (non-hydrogen) atoms. The molecular weight excluding hydrogens is 932 g/mol. The van der Waals surface area contributed by atoms with Crippen molar-refractivity contribution in [1.29, 1.82) is 0 Å². The standard InChI is InChI=1S/C48H51FN8O14/c1-2-48(67)32-21-37-44-30(26-57(37)46(65)31(32)27-71-47(48)66)19-29-20-35(33(49)22-34(29)55-44)53-41(61)25-52-45(64)36(18-28-6-4-3-5-7-28)54-40(60)24-51-39(59)23-50-38(58)10-12-68-14-16-70-17-15-69-13-11-56-42(62)8-9-43(56)63/h3-9,19-22,36,67H,2,10-18,23-27H2,1H3,(H,50,58)(H,51,59)(H,52,64)(H,53,61)(H,54,60)/t36-,48-/m0/s1. The van der Waals surface area contributed by atoms with E-state index in [0.717, 1.165) is 11.0 Å². The molecule has 7 rings (SSSR count). The van der Waals surface area contributed by atoms with Crippen LogP contribution in [0.5, 0.6) is 0 Å². The molecule has 0 spiro atoms. The highest BCUT2D eigenvalue weighted by molar-refractivity contribution is 6.12. The summed E-state index contributed by atoms with van der Waals surface area (Å²) in [5, 5.41) is 23.8. The molecule has 22 nitrogen and oxygen atoms in total. The van der Waals surface area contributed by atoms with Gasteiger partial charge in [-0.2, -0.15) is 0 Å². The molecule has 6 N–H and O–H groups in total. The van der Waals surface area contributed by atoms with E-state index in [1.54, 1.807) is 49.4 Å². The molecule has 5 heterocycles. The van der Waals surface area contributed by atoms with Crippen LogP contribution in [-0.4, -0.2) is 139 Å². The number of nitrogens with zero attached hydrogens (tertiary/aromatic N) is 3. The number of hydrogen-bond donors (Lipinski definition) is 6. The van der Waals surface area contributed by atoms with Crippen LogP contribution in [0, 0.1) is 5.82 Å². The number of benzene rings is 2. The minimum atomic E-state index is -2.01. The Kier molecular flexibility index (Phi) is 16.7. The Morgan fingerprint density at radius 1 is 0.817 bits per heavy atom. The van der Waals surface area contributed by atoms with Gasteiger partial charge in [0, 0.05) is 47.6 Å². The van der Waals surface area contributed by atoms with Gasteiger partial charge in [0.15, 0.2) is 5.60 Å². The second-order valence-corrected chi connectivity index (χ2v) is 16.5. The second kappa shape index (κ2) is 23.3. The molecule has 0 aliphatic carbocycles. The number of imide groups is 1. The van der Waals surface area contributed by atoms with Crippen LogP contribution < -0.4 is 32.1 Å². The number of pyridine rings is 2. The lowest BCUT2D eigenvalue weighted by Crippen LogP contribution is -2.52. The Labute approximate surface area is 404 Å². The molecule has 0 unspecified atom stereocenters. The molecule has 2 atom stereocenters. The van der Waals surface area contributed by atoms with Gasteiger partial charge in [-0.25, -0.2) is 14.2 Å². The Balaban J connectivity index is 0.831. The molecule has 2 aromatic carbocycles. The van der Waals surface area contributed by atoms with Crippen molar-refractivity contribution in [2.75, 3.05) is 71.1 Å². The minimum Gasteiger partial charge on any atom is -0.458 e. The number of hydrogen-bond acceptors (Lipinski definition) is 15. The van der Waals surface area contributed by atoms with E-state index < -0.39 is 78.2 Å². The number of amides is 7. The molecule has 0 saturated carbocycles. The average molecular weight is 983 g/mol. The maximum atomic E-state index is 15.5. The van der Waals surface area contributed by atoms with Crippen LogP contribution in [0.1, 0.15) is 42.0 Å². The van der Waals surface area contributed by atoms with Gasteiger partial charge in [-0.1, -0.05) is 37.3 Å². The Morgan fingerprint density at radius 3 is 2.20 bits per heavy atom. The molecule has 0 fully saturated rings. The summed E-state index contributed by atoms with van der Waals surface area (Å²) in [5.41, 5.74) is -0.217. The number of fused-ring (bicyclic) bond motifs is 5. The van der Waals surface area contributed by atoms with Crippen molar-refractivity contribution in [3.63, 3.8) is 0 Å². The van der Waals surface area contributed by atoms with Gasteiger partial charge in [-0.05, 0) is 30.2 Å². The molecule has 23 heteroatoms. The second-order valence-electron chi connectivity index (χ2n) is 16.5. The van der Waals surface area contributed by atoms with Crippen LogP contribution in [0.2, 0.25) is 0 Å². The van der Waals surface area contributed by atoms with E-state index in [-0.39, 0.29) is 113 Å². The summed E-state index contributed by atoms with van der Waals surface area (Å²) in [5.74, 6) is -5.90. The number of esters is 1. The number of ether oxygens (including phenoxy) is 4. The van der Waals surface area contributed by atoms with Crippen LogP contribution in [-0.2, 0) is 82.5 Å². The molecule has 3 aliphatic heterocycles. The Hall–Kier alpha value is -7.73. The van der Waals surface area contributed by atoms with Crippen molar-refractivity contribution in [3.05, 3.63) is 105 Å². The predicted octanol–water partition coefficient (Wildman–Crippen LogP) is -0.402. The number of anilines is 1. The monoisotopic (exact) mass is 982 g/mol. The lowest BCUT2D eigenvalue weighted by molar-refractivity contribution is -0.172. The van der Waals surface area contributed by atoms with Crippen molar-refractivity contribution in [1.82, 2.24) is 35.7 Å². The summed E-state index contributed by atoms with van der Waals surface area (Å²) >= 11 is 0. The first-order chi connectivity index (χ1) is 34.1. The van der Waals surface area contributed by atoms with E-state index in [4.69, 9.17) is 18.9 Å². The predicted molar refractivity (Wildman–Crippen MR) is 247 cm³/mol. The zero-order valence-corrected chi connectivity index (χ0v) is 38.5. The van der Waals surface area contributed by atoms with Crippen LogP contribution in [0.15, 0.2) is 71.5 Å². The van der Waals surface area contributed by atoms with E-state index in [2.05, 4.69) is 31.6 Å². The fraction of sp³-hybridized carbons (Fsp3) is 0.375. The van der Waals surface area contributed by atoms with Gasteiger partial charge in [0.1, 0.15) is 18.5 Å². The van der Waals surface area contributed by atoms with Crippen molar-refractivity contribution in [2.24, 2.45) is 0 Å². The molecular formula is C48H51FN8O14. The Bertz CT molecular complexity index is 2820. The van der Waals surface area contributed by atoms with E-state index in [9.17, 15) is 48.3 Å². The first-order valence-corrected chi connectivity index (χ1v) is 22.7. The fourth-order valence-corrected chi connectivity index (χ4v) is 7.91. The van der Waals surface area contributed by atoms with E-state index >= 15 is 4.39 Å². The van der Waals surface area contributed by atoms with Crippen LogP contribution >= 0.6 is 0 Å². The highest BCUT2D eigenvalue weighted by atomic mass is 19.1. The van der Waals surface area contributed by atoms with Crippen molar-refractivity contribution < 1.29 is 66.8 Å². The van der Waals surface area contributed by atoms with Crippen LogP contribution in [0.25, 0.3) is 22.3 Å². The third-order valence-electron chi connectivity index (χ3n) is 11.7. The van der Waals surface area contributed by atoms with Crippen LogP contribution in [0.4, 0.5) is 10.1 Å². The molecule has 0 saturated heterocycles. The van der Waals surface area contributed by atoms with Gasteiger partial charge in [0.2, 0.25) is 29.5 Å². The number of aromatic nitrogens is 2. The Morgan fingerprint density at radius 2 is 1.48 bits per heavy atom. The third kappa shape index (κ3) is 12.5. The topological polar surface area (TPSA) is 292 Å². The summed E-state index contributed by atoms with van der Waals surface area (Å²) in [4.78, 5) is 119. The maximum absolute atomic E-state index is 15.5. The molecule has 0 bridgehead atoms. The van der Waals surface area contributed by atoms with E-state index in [1.165, 1.54) is 22.8 Å². The summed E-state index contributed by atoms with van der Waals surface area (Å²) in [6.45, 7) is 1.08. The van der Waals surface area contributed by atoms with Gasteiger partial charge >= 0.3 is 5.97 Å². The summed E-state index contributed by atoms with van der Waals surface area (Å²) in [6, 6.07) is 13.2. The quantitative estimate of drug-likeness (QED) is 0.0261. The SMILES string of the molecule is CC[C@@]1(O)C(=O)OCc2c1cc1n(c2=O)Cc2cc3cc(NC(=O)CNC(=O)[C@H](Cc4ccccc4)NC(=O)CNC(=O)CNC(=O)CCOCCOCCOCCN4C(=O)C=CC4=O)c(F)cc3nc2-1. The highest BCUT2D eigenvalue weighted by Crippen LogP contribution is 2.39. The van der Waals surface area contributed by atoms with E-state index in [0.29, 0.717) is 27.9 Å². The number of aliphatic hydroxyl groups is 1. The number of rotatable bonds is 24. The molecule has 0 radical (unpaired) electrons. The number of carbonyl (C=O) groups is 8. The average Bonchev–Trinajstić information content (AvgIpc) is 3.88. The largest absolute Gasteiger partial charge is 0.458 e.